The van der Waals surface area contributed by atoms with Crippen LogP contribution in [0.25, 0.3) is 5.95 Å². The monoisotopic (exact) mass is 513 g/mol. The van der Waals surface area contributed by atoms with Crippen molar-refractivity contribution in [2.45, 2.75) is 18.9 Å². The zero-order chi connectivity index (χ0) is 25.5. The molecule has 4 rings (SSSR count). The third-order valence-electron chi connectivity index (χ3n) is 5.93. The molecule has 1 unspecified atom stereocenters. The number of nitrogens with zero attached hydrogens (tertiary/aromatic N) is 6. The fourth-order valence-corrected chi connectivity index (χ4v) is 4.26. The number of benzene rings is 1. The zero-order valence-corrected chi connectivity index (χ0v) is 20.9. The third kappa shape index (κ3) is 6.22. The fourth-order valence-electron chi connectivity index (χ4n) is 4.09. The van der Waals surface area contributed by atoms with E-state index in [1.165, 1.54) is 7.11 Å². The van der Waals surface area contributed by atoms with E-state index in [0.29, 0.717) is 44.4 Å². The van der Waals surface area contributed by atoms with Crippen molar-refractivity contribution in [3.8, 4) is 11.7 Å². The van der Waals surface area contributed by atoms with Gasteiger partial charge in [0, 0.05) is 51.1 Å². The van der Waals surface area contributed by atoms with Crippen LogP contribution in [0.5, 0.6) is 5.75 Å². The average molecular weight is 514 g/mol. The van der Waals surface area contributed by atoms with Crippen LogP contribution in [0.15, 0.2) is 49.1 Å². The van der Waals surface area contributed by atoms with E-state index >= 15 is 0 Å². The lowest BCUT2D eigenvalue weighted by molar-refractivity contribution is -0.121. The minimum atomic E-state index is -0.431. The number of aromatic nitrogens is 4. The Morgan fingerprint density at radius 1 is 1.17 bits per heavy atom. The topological polar surface area (TPSA) is 115 Å². The van der Waals surface area contributed by atoms with Gasteiger partial charge in [-0.15, -0.1) is 0 Å². The van der Waals surface area contributed by atoms with Crippen LogP contribution >= 0.6 is 11.6 Å². The van der Waals surface area contributed by atoms with Crippen molar-refractivity contribution < 1.29 is 19.1 Å². The molecule has 1 aliphatic heterocycles. The molecule has 36 heavy (non-hydrogen) atoms. The van der Waals surface area contributed by atoms with Crippen LogP contribution in [0.4, 0.5) is 10.6 Å². The molecule has 0 radical (unpaired) electrons. The Balaban J connectivity index is 1.45. The van der Waals surface area contributed by atoms with E-state index in [9.17, 15) is 9.59 Å². The van der Waals surface area contributed by atoms with Gasteiger partial charge in [-0.3, -0.25) is 9.36 Å². The maximum atomic E-state index is 12.9. The Labute approximate surface area is 214 Å². The number of nitrogens with one attached hydrogen (secondary N) is 1. The quantitative estimate of drug-likeness (QED) is 0.456. The molecule has 2 amide bonds. The maximum absolute atomic E-state index is 12.9. The third-order valence-corrected chi connectivity index (χ3v) is 6.12. The van der Waals surface area contributed by atoms with Crippen LogP contribution in [0.1, 0.15) is 12.0 Å². The fraction of sp³-hybridized carbons (Fsp3) is 0.375. The molecule has 1 aliphatic rings. The first-order chi connectivity index (χ1) is 17.5. The number of amides is 2. The largest absolute Gasteiger partial charge is 0.497 e. The van der Waals surface area contributed by atoms with Gasteiger partial charge in [0.15, 0.2) is 0 Å². The highest BCUT2D eigenvalue weighted by Crippen LogP contribution is 2.24. The predicted octanol–water partition coefficient (Wildman–Crippen LogP) is 2.33. The Morgan fingerprint density at radius 2 is 1.97 bits per heavy atom. The summed E-state index contributed by atoms with van der Waals surface area (Å²) in [6.07, 6.45) is 5.35. The molecule has 2 aromatic heterocycles. The second kappa shape index (κ2) is 11.7. The summed E-state index contributed by atoms with van der Waals surface area (Å²) in [5, 5.41) is 3.25. The van der Waals surface area contributed by atoms with Gasteiger partial charge in [-0.05, 0) is 24.1 Å². The van der Waals surface area contributed by atoms with Crippen molar-refractivity contribution in [1.82, 2.24) is 29.7 Å². The molecule has 1 atom stereocenters. The van der Waals surface area contributed by atoms with E-state index in [0.717, 1.165) is 11.3 Å². The van der Waals surface area contributed by atoms with Gasteiger partial charge in [0.2, 0.25) is 11.9 Å². The standard InChI is InChI=1S/C24H28ClN7O4/c1-35-19-5-3-17(4-6-19)7-8-27-22(33)13-18-15-30(24(34)36-2)11-12-32(18)21-14-20(25)28-23(29-21)31-10-9-26-16-31/h3-6,9-10,14,16,18H,7-8,11-13,15H2,1-2H3,(H,27,33). The summed E-state index contributed by atoms with van der Waals surface area (Å²) in [6.45, 7) is 1.67. The van der Waals surface area contributed by atoms with Crippen LogP contribution in [0.2, 0.25) is 5.15 Å². The first-order valence-electron chi connectivity index (χ1n) is 11.5. The number of hydrogen-bond acceptors (Lipinski definition) is 8. The average Bonchev–Trinajstić information content (AvgIpc) is 3.43. The molecule has 1 aromatic carbocycles. The van der Waals surface area contributed by atoms with Gasteiger partial charge in [0.25, 0.3) is 0 Å². The smallest absolute Gasteiger partial charge is 0.409 e. The molecule has 0 saturated carbocycles. The lowest BCUT2D eigenvalue weighted by atomic mass is 10.1. The van der Waals surface area contributed by atoms with E-state index in [-0.39, 0.29) is 23.5 Å². The van der Waals surface area contributed by atoms with Crippen molar-refractivity contribution >= 4 is 29.4 Å². The lowest BCUT2D eigenvalue weighted by Crippen LogP contribution is -2.56. The Kier molecular flexibility index (Phi) is 8.21. The molecule has 1 N–H and O–H groups in total. The summed E-state index contributed by atoms with van der Waals surface area (Å²) >= 11 is 6.30. The van der Waals surface area contributed by atoms with Gasteiger partial charge >= 0.3 is 6.09 Å². The van der Waals surface area contributed by atoms with Crippen LogP contribution in [-0.2, 0) is 16.0 Å². The number of carbonyl (C=O) groups is 2. The van der Waals surface area contributed by atoms with Crippen molar-refractivity contribution in [1.29, 1.82) is 0 Å². The summed E-state index contributed by atoms with van der Waals surface area (Å²) in [6, 6.07) is 9.05. The Bertz CT molecular complexity index is 1170. The highest BCUT2D eigenvalue weighted by atomic mass is 35.5. The minimum Gasteiger partial charge on any atom is -0.497 e. The van der Waals surface area contributed by atoms with Crippen molar-refractivity contribution in [2.24, 2.45) is 0 Å². The van der Waals surface area contributed by atoms with Gasteiger partial charge < -0.3 is 24.6 Å². The van der Waals surface area contributed by atoms with E-state index in [1.54, 1.807) is 41.4 Å². The lowest BCUT2D eigenvalue weighted by Gasteiger charge is -2.41. The van der Waals surface area contributed by atoms with Crippen molar-refractivity contribution in [2.75, 3.05) is 45.3 Å². The highest BCUT2D eigenvalue weighted by Gasteiger charge is 2.33. The van der Waals surface area contributed by atoms with Gasteiger partial charge in [0.05, 0.1) is 20.3 Å². The molecule has 12 heteroatoms. The van der Waals surface area contributed by atoms with Gasteiger partial charge in [-0.25, -0.2) is 14.8 Å². The van der Waals surface area contributed by atoms with Gasteiger partial charge in [-0.1, -0.05) is 23.7 Å². The second-order valence-electron chi connectivity index (χ2n) is 8.23. The molecule has 1 fully saturated rings. The molecule has 0 spiro atoms. The first kappa shape index (κ1) is 25.2. The van der Waals surface area contributed by atoms with Crippen molar-refractivity contribution in [3.05, 3.63) is 59.8 Å². The van der Waals surface area contributed by atoms with E-state index in [4.69, 9.17) is 21.1 Å². The minimum absolute atomic E-state index is 0.125. The zero-order valence-electron chi connectivity index (χ0n) is 20.1. The number of hydrogen-bond donors (Lipinski definition) is 1. The number of methoxy groups -OCH3 is 2. The van der Waals surface area contributed by atoms with Gasteiger partial charge in [0.1, 0.15) is 23.0 Å². The van der Waals surface area contributed by atoms with Crippen LogP contribution < -0.4 is 15.0 Å². The summed E-state index contributed by atoms with van der Waals surface area (Å²) < 4.78 is 11.7. The Hall–Kier alpha value is -3.86. The molecule has 11 nitrogen and oxygen atoms in total. The molecule has 3 aromatic rings. The SMILES string of the molecule is COC(=O)N1CCN(c2cc(Cl)nc(-n3ccnc3)n2)C(CC(=O)NCCc2ccc(OC)cc2)C1. The molecule has 0 aliphatic carbocycles. The summed E-state index contributed by atoms with van der Waals surface area (Å²) in [4.78, 5) is 41.6. The number of halogens is 1. The van der Waals surface area contributed by atoms with Crippen molar-refractivity contribution in [3.63, 3.8) is 0 Å². The number of piperazine rings is 1. The van der Waals surface area contributed by atoms with E-state index in [1.807, 2.05) is 29.2 Å². The van der Waals surface area contributed by atoms with Crippen LogP contribution in [0, 0.1) is 0 Å². The van der Waals surface area contributed by atoms with E-state index < -0.39 is 6.09 Å². The molecular weight excluding hydrogens is 486 g/mol. The normalized spacial score (nSPS) is 15.5. The number of ether oxygens (including phenoxy) is 2. The molecular formula is C24H28ClN7O4. The molecule has 1 saturated heterocycles. The summed E-state index contributed by atoms with van der Waals surface area (Å²) in [7, 11) is 2.97. The van der Waals surface area contributed by atoms with Crippen LogP contribution in [-0.4, -0.2) is 82.9 Å². The molecule has 190 valence electrons. The molecule has 3 heterocycles. The number of rotatable bonds is 8. The Morgan fingerprint density at radius 3 is 2.67 bits per heavy atom. The van der Waals surface area contributed by atoms with Gasteiger partial charge in [-0.2, -0.15) is 4.98 Å². The molecule has 0 bridgehead atoms. The predicted molar refractivity (Wildman–Crippen MR) is 134 cm³/mol. The number of carbonyl (C=O) groups excluding carboxylic acids is 2. The second-order valence-corrected chi connectivity index (χ2v) is 8.62. The number of imidazole rings is 1. The maximum Gasteiger partial charge on any atom is 0.409 e. The number of anilines is 1. The summed E-state index contributed by atoms with van der Waals surface area (Å²) in [5.41, 5.74) is 1.09. The van der Waals surface area contributed by atoms with E-state index in [2.05, 4.69) is 20.3 Å². The first-order valence-corrected chi connectivity index (χ1v) is 11.9. The highest BCUT2D eigenvalue weighted by molar-refractivity contribution is 6.29. The summed E-state index contributed by atoms with van der Waals surface area (Å²) in [5.74, 6) is 1.60. The van der Waals surface area contributed by atoms with Crippen LogP contribution in [0.3, 0.4) is 0 Å².